The summed E-state index contributed by atoms with van der Waals surface area (Å²) >= 11 is 8.43. The maximum atomic E-state index is 6.14. The van der Waals surface area contributed by atoms with Crippen LogP contribution in [0.15, 0.2) is 18.2 Å². The molecule has 4 heteroatoms. The molecule has 0 fully saturated rings. The lowest BCUT2D eigenvalue weighted by Crippen LogP contribution is -2.02. The number of benzene rings is 1. The van der Waals surface area contributed by atoms with Crippen LogP contribution in [0.4, 0.5) is 5.69 Å². The first-order chi connectivity index (χ1) is 8.52. The maximum Gasteiger partial charge on any atom is 0.0860 e. The van der Waals surface area contributed by atoms with Crippen LogP contribution in [-0.4, -0.2) is 11.5 Å². The Bertz CT molecular complexity index is 582. The van der Waals surface area contributed by atoms with E-state index in [0.29, 0.717) is 5.92 Å². The van der Waals surface area contributed by atoms with E-state index >= 15 is 0 Å². The van der Waals surface area contributed by atoms with Crippen LogP contribution in [0.25, 0.3) is 10.9 Å². The van der Waals surface area contributed by atoms with Gasteiger partial charge in [-0.25, -0.2) is 0 Å². The van der Waals surface area contributed by atoms with Crippen LogP contribution in [0.1, 0.15) is 32.4 Å². The summed E-state index contributed by atoms with van der Waals surface area (Å²) in [6.07, 6.45) is 0. The van der Waals surface area contributed by atoms with Crippen LogP contribution >= 0.6 is 34.2 Å². The van der Waals surface area contributed by atoms with Crippen molar-refractivity contribution in [1.82, 2.24) is 4.98 Å². The first kappa shape index (κ1) is 13.9. The van der Waals surface area contributed by atoms with Crippen LogP contribution in [0.5, 0.6) is 0 Å². The Morgan fingerprint density at radius 2 is 2.06 bits per heavy atom. The average Bonchev–Trinajstić information content (AvgIpc) is 2.29. The number of nitrogens with zero attached hydrogens (tertiary/aromatic N) is 1. The first-order valence-corrected chi connectivity index (χ1v) is 7.52. The summed E-state index contributed by atoms with van der Waals surface area (Å²) in [5.74, 6) is 0.415. The van der Waals surface area contributed by atoms with E-state index in [1.807, 2.05) is 12.1 Å². The van der Waals surface area contributed by atoms with E-state index in [1.54, 1.807) is 0 Å². The smallest absolute Gasteiger partial charge is 0.0860 e. The molecular weight excluding hydrogens is 359 g/mol. The number of halogens is 2. The van der Waals surface area contributed by atoms with E-state index in [1.165, 1.54) is 0 Å². The molecule has 1 heterocycles. The molecular formula is C14H16ClIN2. The van der Waals surface area contributed by atoms with E-state index in [4.69, 9.17) is 16.6 Å². The molecule has 0 atom stereocenters. The van der Waals surface area contributed by atoms with Crippen LogP contribution in [0.3, 0.4) is 0 Å². The van der Waals surface area contributed by atoms with Gasteiger partial charge in [-0.3, -0.25) is 4.98 Å². The number of anilines is 1. The van der Waals surface area contributed by atoms with Crippen LogP contribution in [-0.2, 0) is 0 Å². The predicted molar refractivity (Wildman–Crippen MR) is 87.7 cm³/mol. The second kappa shape index (κ2) is 5.61. The summed E-state index contributed by atoms with van der Waals surface area (Å²) in [6.45, 7) is 7.30. The van der Waals surface area contributed by atoms with Gasteiger partial charge >= 0.3 is 0 Å². The topological polar surface area (TPSA) is 24.9 Å². The molecule has 0 unspecified atom stereocenters. The Kier molecular flexibility index (Phi) is 4.33. The number of fused-ring (bicyclic) bond motifs is 1. The van der Waals surface area contributed by atoms with Gasteiger partial charge in [-0.1, -0.05) is 25.4 Å². The molecule has 1 N–H and O–H groups in total. The summed E-state index contributed by atoms with van der Waals surface area (Å²) < 4.78 is 1.09. The Morgan fingerprint density at radius 3 is 2.67 bits per heavy atom. The van der Waals surface area contributed by atoms with Crippen LogP contribution in [0.2, 0.25) is 5.02 Å². The SMILES string of the molecule is CCNc1cc(C(C)C)nc2c(I)cc(Cl)cc12. The lowest BCUT2D eigenvalue weighted by Gasteiger charge is -2.13. The fourth-order valence-electron chi connectivity index (χ4n) is 1.90. The minimum Gasteiger partial charge on any atom is -0.385 e. The minimum absolute atomic E-state index is 0.415. The molecule has 18 heavy (non-hydrogen) atoms. The molecule has 1 aromatic carbocycles. The Morgan fingerprint density at radius 1 is 1.33 bits per heavy atom. The number of hydrogen-bond acceptors (Lipinski definition) is 2. The highest BCUT2D eigenvalue weighted by Gasteiger charge is 2.11. The highest BCUT2D eigenvalue weighted by molar-refractivity contribution is 14.1. The fraction of sp³-hybridized carbons (Fsp3) is 0.357. The normalized spacial score (nSPS) is 11.2. The Hall–Kier alpha value is -0.550. The zero-order chi connectivity index (χ0) is 13.3. The lowest BCUT2D eigenvalue weighted by molar-refractivity contribution is 0.830. The van der Waals surface area contributed by atoms with E-state index in [0.717, 1.165) is 37.4 Å². The second-order valence-corrected chi connectivity index (χ2v) is 6.16. The first-order valence-electron chi connectivity index (χ1n) is 6.06. The summed E-state index contributed by atoms with van der Waals surface area (Å²) in [5.41, 5.74) is 3.26. The van der Waals surface area contributed by atoms with Crippen molar-refractivity contribution in [1.29, 1.82) is 0 Å². The minimum atomic E-state index is 0.415. The van der Waals surface area contributed by atoms with Gasteiger partial charge in [0.05, 0.1) is 5.52 Å². The van der Waals surface area contributed by atoms with Crippen molar-refractivity contribution < 1.29 is 0 Å². The van der Waals surface area contributed by atoms with Crippen LogP contribution < -0.4 is 5.32 Å². The third-order valence-electron chi connectivity index (χ3n) is 2.81. The van der Waals surface area contributed by atoms with Crippen molar-refractivity contribution in [3.8, 4) is 0 Å². The van der Waals surface area contributed by atoms with Gasteiger partial charge in [-0.2, -0.15) is 0 Å². The molecule has 96 valence electrons. The molecule has 0 saturated carbocycles. The van der Waals surface area contributed by atoms with Crippen molar-refractivity contribution in [2.24, 2.45) is 0 Å². The van der Waals surface area contributed by atoms with Crippen LogP contribution in [0, 0.1) is 3.57 Å². The van der Waals surface area contributed by atoms with Crippen molar-refractivity contribution in [2.75, 3.05) is 11.9 Å². The number of nitrogens with one attached hydrogen (secondary N) is 1. The molecule has 0 bridgehead atoms. The molecule has 0 saturated heterocycles. The summed E-state index contributed by atoms with van der Waals surface area (Å²) in [7, 11) is 0. The van der Waals surface area contributed by atoms with Gasteiger partial charge in [0.25, 0.3) is 0 Å². The number of aromatic nitrogens is 1. The van der Waals surface area contributed by atoms with Crippen molar-refractivity contribution in [3.05, 3.63) is 32.5 Å². The molecule has 2 nitrogen and oxygen atoms in total. The number of hydrogen-bond donors (Lipinski definition) is 1. The van der Waals surface area contributed by atoms with E-state index in [-0.39, 0.29) is 0 Å². The number of rotatable bonds is 3. The second-order valence-electron chi connectivity index (χ2n) is 4.56. The summed E-state index contributed by atoms with van der Waals surface area (Å²) in [6, 6.07) is 6.06. The Labute approximate surface area is 126 Å². The summed E-state index contributed by atoms with van der Waals surface area (Å²) in [5, 5.41) is 5.25. The van der Waals surface area contributed by atoms with Crippen molar-refractivity contribution >= 4 is 50.8 Å². The molecule has 2 aromatic rings. The fourth-order valence-corrected chi connectivity index (χ4v) is 3.05. The van der Waals surface area contributed by atoms with Crippen molar-refractivity contribution in [3.63, 3.8) is 0 Å². The quantitative estimate of drug-likeness (QED) is 0.761. The van der Waals surface area contributed by atoms with E-state index < -0.39 is 0 Å². The monoisotopic (exact) mass is 374 g/mol. The highest BCUT2D eigenvalue weighted by atomic mass is 127. The molecule has 0 amide bonds. The average molecular weight is 375 g/mol. The molecule has 0 aliphatic carbocycles. The molecule has 2 rings (SSSR count). The summed E-state index contributed by atoms with van der Waals surface area (Å²) in [4.78, 5) is 4.75. The zero-order valence-electron chi connectivity index (χ0n) is 10.7. The van der Waals surface area contributed by atoms with Gasteiger partial charge in [0.2, 0.25) is 0 Å². The van der Waals surface area contributed by atoms with E-state index in [2.05, 4.69) is 54.7 Å². The van der Waals surface area contributed by atoms with Gasteiger partial charge in [-0.05, 0) is 53.6 Å². The zero-order valence-corrected chi connectivity index (χ0v) is 13.6. The number of pyridine rings is 1. The standard InChI is InChI=1S/C14H16ClIN2/c1-4-17-13-7-12(8(2)3)18-14-10(13)5-9(15)6-11(14)16/h5-8H,4H2,1-3H3,(H,17,18). The van der Waals surface area contributed by atoms with Gasteiger partial charge in [0.1, 0.15) is 0 Å². The molecule has 0 aliphatic heterocycles. The maximum absolute atomic E-state index is 6.14. The Balaban J connectivity index is 2.76. The molecule has 1 aromatic heterocycles. The van der Waals surface area contributed by atoms with Crippen molar-refractivity contribution in [2.45, 2.75) is 26.7 Å². The molecule has 0 aliphatic rings. The van der Waals surface area contributed by atoms with E-state index in [9.17, 15) is 0 Å². The van der Waals surface area contributed by atoms with Gasteiger partial charge in [0.15, 0.2) is 0 Å². The molecule has 0 spiro atoms. The largest absolute Gasteiger partial charge is 0.385 e. The van der Waals surface area contributed by atoms with Gasteiger partial charge < -0.3 is 5.32 Å². The van der Waals surface area contributed by atoms with Gasteiger partial charge in [-0.15, -0.1) is 0 Å². The third kappa shape index (κ3) is 2.72. The molecule has 0 radical (unpaired) electrons. The highest BCUT2D eigenvalue weighted by Crippen LogP contribution is 2.31. The lowest BCUT2D eigenvalue weighted by atomic mass is 10.1. The predicted octanol–water partition coefficient (Wildman–Crippen LogP) is 5.05. The van der Waals surface area contributed by atoms with Gasteiger partial charge in [0, 0.05) is 31.9 Å². The third-order valence-corrected chi connectivity index (χ3v) is 3.85.